The van der Waals surface area contributed by atoms with E-state index in [0.29, 0.717) is 24.5 Å². The van der Waals surface area contributed by atoms with E-state index in [1.807, 2.05) is 24.3 Å². The first-order valence-electron chi connectivity index (χ1n) is 12.1. The van der Waals surface area contributed by atoms with Gasteiger partial charge in [0, 0.05) is 56.6 Å². The highest BCUT2D eigenvalue weighted by molar-refractivity contribution is 5.81. The van der Waals surface area contributed by atoms with E-state index in [9.17, 15) is 9.90 Å². The molecule has 2 aromatic carbocycles. The molecule has 3 rings (SSSR count). The highest BCUT2D eigenvalue weighted by Gasteiger charge is 2.24. The molecule has 0 radical (unpaired) electrons. The van der Waals surface area contributed by atoms with Gasteiger partial charge in [-0.25, -0.2) is 0 Å². The Bertz CT molecular complexity index is 928. The Morgan fingerprint density at radius 2 is 1.82 bits per heavy atom. The van der Waals surface area contributed by atoms with E-state index in [0.717, 1.165) is 67.8 Å². The van der Waals surface area contributed by atoms with Crippen LogP contribution in [0.15, 0.2) is 36.4 Å². The molecule has 1 aliphatic rings. The number of aliphatic hydroxyl groups is 1. The number of aliphatic hydroxyl groups excluding tert-OH is 1. The van der Waals surface area contributed by atoms with Crippen LogP contribution in [0.3, 0.4) is 0 Å². The zero-order chi connectivity index (χ0) is 24.5. The number of likely N-dealkylation sites (N-methyl/N-ethyl adjacent to an activating group) is 1. The molecule has 1 aliphatic heterocycles. The fourth-order valence-corrected chi connectivity index (χ4v) is 4.82. The number of aldehydes is 1. The van der Waals surface area contributed by atoms with Crippen LogP contribution in [-0.4, -0.2) is 81.8 Å². The molecule has 34 heavy (non-hydrogen) atoms. The second-order valence-corrected chi connectivity index (χ2v) is 8.80. The predicted molar refractivity (Wildman–Crippen MR) is 136 cm³/mol. The van der Waals surface area contributed by atoms with Gasteiger partial charge in [-0.05, 0) is 55.8 Å². The lowest BCUT2D eigenvalue weighted by molar-refractivity contribution is 0.112. The van der Waals surface area contributed by atoms with Gasteiger partial charge in [-0.3, -0.25) is 9.69 Å². The first-order chi connectivity index (χ1) is 16.6. The molecule has 0 bridgehead atoms. The summed E-state index contributed by atoms with van der Waals surface area (Å²) in [6.45, 7) is 7.99. The molecule has 7 heteroatoms. The van der Waals surface area contributed by atoms with E-state index in [1.165, 1.54) is 0 Å². The molecule has 0 spiro atoms. The number of hydrogen-bond donors (Lipinski definition) is 1. The summed E-state index contributed by atoms with van der Waals surface area (Å²) in [6.07, 6.45) is 2.44. The SMILES string of the molecule is CCN1CCN(c2cccc(C=O)c2CN(C)[C@H](CCCO)c2ccc(OC)c(OC)c2)CC1. The van der Waals surface area contributed by atoms with Crippen LogP contribution in [0.5, 0.6) is 11.5 Å². The molecular formula is C27H39N3O4. The quantitative estimate of drug-likeness (QED) is 0.477. The third kappa shape index (κ3) is 6.09. The second-order valence-electron chi connectivity index (χ2n) is 8.80. The smallest absolute Gasteiger partial charge is 0.161 e. The molecule has 1 heterocycles. The summed E-state index contributed by atoms with van der Waals surface area (Å²) in [6, 6.07) is 12.1. The van der Waals surface area contributed by atoms with E-state index >= 15 is 0 Å². The molecule has 0 unspecified atom stereocenters. The minimum absolute atomic E-state index is 0.0523. The lowest BCUT2D eigenvalue weighted by Gasteiger charge is -2.37. The average molecular weight is 470 g/mol. The number of methoxy groups -OCH3 is 2. The molecule has 1 saturated heterocycles. The Kier molecular flexibility index (Phi) is 9.74. The molecule has 0 aliphatic carbocycles. The van der Waals surface area contributed by atoms with Gasteiger partial charge in [0.05, 0.1) is 14.2 Å². The fourth-order valence-electron chi connectivity index (χ4n) is 4.82. The highest BCUT2D eigenvalue weighted by Crippen LogP contribution is 2.35. The van der Waals surface area contributed by atoms with Gasteiger partial charge in [0.25, 0.3) is 0 Å². The molecule has 1 N–H and O–H groups in total. The van der Waals surface area contributed by atoms with E-state index < -0.39 is 0 Å². The van der Waals surface area contributed by atoms with Crippen molar-refractivity contribution in [3.63, 3.8) is 0 Å². The Labute approximate surface area is 203 Å². The van der Waals surface area contributed by atoms with Crippen molar-refractivity contribution in [1.29, 1.82) is 0 Å². The van der Waals surface area contributed by atoms with Crippen LogP contribution in [0, 0.1) is 0 Å². The molecular weight excluding hydrogens is 430 g/mol. The van der Waals surface area contributed by atoms with Crippen LogP contribution >= 0.6 is 0 Å². The van der Waals surface area contributed by atoms with Gasteiger partial charge in [-0.1, -0.05) is 25.1 Å². The van der Waals surface area contributed by atoms with Gasteiger partial charge in [0.15, 0.2) is 11.5 Å². The van der Waals surface area contributed by atoms with Crippen molar-refractivity contribution in [1.82, 2.24) is 9.80 Å². The van der Waals surface area contributed by atoms with Crippen LogP contribution in [0.25, 0.3) is 0 Å². The van der Waals surface area contributed by atoms with E-state index in [2.05, 4.69) is 40.8 Å². The van der Waals surface area contributed by atoms with E-state index in [4.69, 9.17) is 9.47 Å². The Morgan fingerprint density at radius 1 is 1.09 bits per heavy atom. The maximum absolute atomic E-state index is 12.0. The number of carbonyl (C=O) groups excluding carboxylic acids is 1. The number of ether oxygens (including phenoxy) is 2. The predicted octanol–water partition coefficient (Wildman–Crippen LogP) is 3.60. The monoisotopic (exact) mass is 469 g/mol. The van der Waals surface area contributed by atoms with Crippen LogP contribution in [0.4, 0.5) is 5.69 Å². The zero-order valence-corrected chi connectivity index (χ0v) is 21.0. The fraction of sp³-hybridized carbons (Fsp3) is 0.519. The van der Waals surface area contributed by atoms with Crippen LogP contribution < -0.4 is 14.4 Å². The lowest BCUT2D eigenvalue weighted by atomic mass is 9.98. The largest absolute Gasteiger partial charge is 0.493 e. The van der Waals surface area contributed by atoms with Gasteiger partial charge in [-0.15, -0.1) is 0 Å². The summed E-state index contributed by atoms with van der Waals surface area (Å²) in [5, 5.41) is 9.53. The highest BCUT2D eigenvalue weighted by atomic mass is 16.5. The topological polar surface area (TPSA) is 65.5 Å². The Hall–Kier alpha value is -2.61. The maximum Gasteiger partial charge on any atom is 0.161 e. The molecule has 0 aromatic heterocycles. The van der Waals surface area contributed by atoms with Crippen LogP contribution in [0.1, 0.15) is 47.3 Å². The van der Waals surface area contributed by atoms with Crippen molar-refractivity contribution in [3.8, 4) is 11.5 Å². The minimum atomic E-state index is 0.0523. The third-order valence-electron chi connectivity index (χ3n) is 6.84. The molecule has 0 saturated carbocycles. The number of benzene rings is 2. The van der Waals surface area contributed by atoms with E-state index in [-0.39, 0.29) is 12.6 Å². The van der Waals surface area contributed by atoms with Gasteiger partial charge >= 0.3 is 0 Å². The Balaban J connectivity index is 1.90. The van der Waals surface area contributed by atoms with Crippen molar-refractivity contribution in [3.05, 3.63) is 53.1 Å². The molecule has 186 valence electrons. The normalized spacial score (nSPS) is 15.4. The first-order valence-corrected chi connectivity index (χ1v) is 12.1. The number of hydrogen-bond acceptors (Lipinski definition) is 7. The van der Waals surface area contributed by atoms with Crippen molar-refractivity contribution in [2.45, 2.75) is 32.4 Å². The summed E-state index contributed by atoms with van der Waals surface area (Å²) in [4.78, 5) is 19.1. The van der Waals surface area contributed by atoms with Gasteiger partial charge in [-0.2, -0.15) is 0 Å². The minimum Gasteiger partial charge on any atom is -0.493 e. The maximum atomic E-state index is 12.0. The summed E-state index contributed by atoms with van der Waals surface area (Å²) in [7, 11) is 5.35. The second kappa shape index (κ2) is 12.7. The molecule has 1 fully saturated rings. The standard InChI is InChI=1S/C27H39N3O4/c1-5-29-13-15-30(16-14-29)25-9-6-8-22(20-32)23(25)19-28(2)24(10-7-17-31)21-11-12-26(33-3)27(18-21)34-4/h6,8-9,11-12,18,20,24,31H,5,7,10,13-17,19H2,1-4H3/t24-/m1/s1. The van der Waals surface area contributed by atoms with Crippen molar-refractivity contribution < 1.29 is 19.4 Å². The van der Waals surface area contributed by atoms with Gasteiger partial charge < -0.3 is 24.4 Å². The molecule has 0 amide bonds. The number of rotatable bonds is 12. The third-order valence-corrected chi connectivity index (χ3v) is 6.84. The zero-order valence-electron chi connectivity index (χ0n) is 21.0. The molecule has 1 atom stereocenters. The summed E-state index contributed by atoms with van der Waals surface area (Å²) in [5.41, 5.74) is 4.02. The first kappa shape index (κ1) is 26.0. The molecule has 2 aromatic rings. The number of carbonyl (C=O) groups is 1. The van der Waals surface area contributed by atoms with E-state index in [1.54, 1.807) is 14.2 Å². The number of nitrogens with zero attached hydrogens (tertiary/aromatic N) is 3. The van der Waals surface area contributed by atoms with Crippen molar-refractivity contribution >= 4 is 12.0 Å². The number of piperazine rings is 1. The molecule has 7 nitrogen and oxygen atoms in total. The van der Waals surface area contributed by atoms with Gasteiger partial charge in [0.1, 0.15) is 6.29 Å². The van der Waals surface area contributed by atoms with Crippen LogP contribution in [-0.2, 0) is 6.54 Å². The lowest BCUT2D eigenvalue weighted by Crippen LogP contribution is -2.46. The van der Waals surface area contributed by atoms with Crippen molar-refractivity contribution in [2.75, 3.05) is 65.5 Å². The van der Waals surface area contributed by atoms with Crippen molar-refractivity contribution in [2.24, 2.45) is 0 Å². The summed E-state index contributed by atoms with van der Waals surface area (Å²) >= 11 is 0. The van der Waals surface area contributed by atoms with Gasteiger partial charge in [0.2, 0.25) is 0 Å². The average Bonchev–Trinajstić information content (AvgIpc) is 2.88. The summed E-state index contributed by atoms with van der Waals surface area (Å²) in [5.74, 6) is 1.37. The summed E-state index contributed by atoms with van der Waals surface area (Å²) < 4.78 is 10.9. The number of anilines is 1. The van der Waals surface area contributed by atoms with Crippen LogP contribution in [0.2, 0.25) is 0 Å². The Morgan fingerprint density at radius 3 is 2.44 bits per heavy atom.